The lowest BCUT2D eigenvalue weighted by molar-refractivity contribution is -0.141. The molecule has 110 valence electrons. The maximum atomic E-state index is 11.8. The molecule has 1 amide bonds. The van der Waals surface area contributed by atoms with Crippen molar-refractivity contribution in [3.63, 3.8) is 0 Å². The predicted octanol–water partition coefficient (Wildman–Crippen LogP) is 2.24. The summed E-state index contributed by atoms with van der Waals surface area (Å²) in [7, 11) is 1.71. The third-order valence-corrected chi connectivity index (χ3v) is 3.28. The number of hydrogen-bond acceptors (Lipinski definition) is 3. The molecule has 0 spiro atoms. The molecule has 5 nitrogen and oxygen atoms in total. The zero-order valence-electron chi connectivity index (χ0n) is 11.8. The molecule has 1 unspecified atom stereocenters. The first-order valence-corrected chi connectivity index (χ1v) is 6.64. The molecule has 2 N–H and O–H groups in total. The third kappa shape index (κ3) is 5.19. The third-order valence-electron chi connectivity index (χ3n) is 2.88. The fraction of sp³-hybridized carbons (Fsp3) is 0.429. The minimum atomic E-state index is -0.873. The number of anilines is 1. The summed E-state index contributed by atoms with van der Waals surface area (Å²) in [4.78, 5) is 24.2. The zero-order valence-corrected chi connectivity index (χ0v) is 12.6. The van der Waals surface area contributed by atoms with E-state index in [1.54, 1.807) is 31.0 Å². The minimum Gasteiger partial charge on any atom is -0.481 e. The van der Waals surface area contributed by atoms with Crippen LogP contribution in [0, 0.1) is 12.8 Å². The number of benzene rings is 1. The topological polar surface area (TPSA) is 69.6 Å². The molecule has 0 saturated heterocycles. The highest BCUT2D eigenvalue weighted by molar-refractivity contribution is 6.31. The molecule has 0 aliphatic carbocycles. The van der Waals surface area contributed by atoms with Gasteiger partial charge in [0.25, 0.3) is 0 Å². The lowest BCUT2D eigenvalue weighted by atomic mass is 10.2. The Kier molecular flexibility index (Phi) is 5.98. The molecule has 1 aromatic carbocycles. The Labute approximate surface area is 123 Å². The van der Waals surface area contributed by atoms with E-state index in [0.29, 0.717) is 17.3 Å². The molecule has 0 aliphatic heterocycles. The highest BCUT2D eigenvalue weighted by atomic mass is 35.5. The summed E-state index contributed by atoms with van der Waals surface area (Å²) in [6.07, 6.45) is 0. The van der Waals surface area contributed by atoms with Crippen LogP contribution in [0.25, 0.3) is 0 Å². The quantitative estimate of drug-likeness (QED) is 0.845. The van der Waals surface area contributed by atoms with Gasteiger partial charge in [0, 0.05) is 17.3 Å². The first-order valence-electron chi connectivity index (χ1n) is 6.27. The zero-order chi connectivity index (χ0) is 15.3. The van der Waals surface area contributed by atoms with Gasteiger partial charge in [0.1, 0.15) is 0 Å². The summed E-state index contributed by atoms with van der Waals surface area (Å²) < 4.78 is 0. The lowest BCUT2D eigenvalue weighted by Crippen LogP contribution is -2.35. The molecule has 1 rings (SSSR count). The largest absolute Gasteiger partial charge is 0.481 e. The maximum Gasteiger partial charge on any atom is 0.307 e. The van der Waals surface area contributed by atoms with Crippen LogP contribution in [0.15, 0.2) is 18.2 Å². The number of aliphatic carboxylic acids is 1. The Morgan fingerprint density at radius 1 is 1.45 bits per heavy atom. The molecule has 0 bridgehead atoms. The number of carboxylic acids is 1. The van der Waals surface area contributed by atoms with Gasteiger partial charge in [-0.25, -0.2) is 0 Å². The van der Waals surface area contributed by atoms with Gasteiger partial charge in [0.15, 0.2) is 0 Å². The van der Waals surface area contributed by atoms with Crippen LogP contribution in [0.3, 0.4) is 0 Å². The van der Waals surface area contributed by atoms with Gasteiger partial charge in [0.05, 0.1) is 12.5 Å². The smallest absolute Gasteiger partial charge is 0.307 e. The number of likely N-dealkylation sites (N-methyl/N-ethyl adjacent to an activating group) is 1. The summed E-state index contributed by atoms with van der Waals surface area (Å²) in [5.74, 6) is -1.59. The monoisotopic (exact) mass is 298 g/mol. The molecule has 0 radical (unpaired) electrons. The lowest BCUT2D eigenvalue weighted by Gasteiger charge is -2.18. The Hall–Kier alpha value is -1.59. The van der Waals surface area contributed by atoms with Crippen molar-refractivity contribution < 1.29 is 14.7 Å². The summed E-state index contributed by atoms with van der Waals surface area (Å²) >= 11 is 5.98. The Balaban J connectivity index is 2.50. The highest BCUT2D eigenvalue weighted by Crippen LogP contribution is 2.19. The fourth-order valence-electron chi connectivity index (χ4n) is 1.73. The minimum absolute atomic E-state index is 0.128. The second-order valence-corrected chi connectivity index (χ2v) is 5.36. The summed E-state index contributed by atoms with van der Waals surface area (Å²) in [6.45, 7) is 3.94. The van der Waals surface area contributed by atoms with Crippen molar-refractivity contribution in [3.8, 4) is 0 Å². The first-order chi connectivity index (χ1) is 9.29. The summed E-state index contributed by atoms with van der Waals surface area (Å²) in [5, 5.41) is 12.1. The van der Waals surface area contributed by atoms with E-state index in [0.717, 1.165) is 5.56 Å². The van der Waals surface area contributed by atoms with Gasteiger partial charge in [-0.2, -0.15) is 0 Å². The number of nitrogens with zero attached hydrogens (tertiary/aromatic N) is 1. The Morgan fingerprint density at radius 3 is 2.65 bits per heavy atom. The standard InChI is InChI=1S/C14H19ClN2O3/c1-9-4-5-11(6-12(9)15)16-13(18)8-17(3)7-10(2)14(19)20/h4-6,10H,7-8H2,1-3H3,(H,16,18)(H,19,20). The number of rotatable bonds is 6. The number of aryl methyl sites for hydroxylation is 1. The van der Waals surface area contributed by atoms with Crippen LogP contribution in [-0.2, 0) is 9.59 Å². The first kappa shape index (κ1) is 16.5. The number of carbonyl (C=O) groups excluding carboxylic acids is 1. The second-order valence-electron chi connectivity index (χ2n) is 4.95. The van der Waals surface area contributed by atoms with Crippen molar-refractivity contribution in [1.82, 2.24) is 4.90 Å². The van der Waals surface area contributed by atoms with Gasteiger partial charge in [0.2, 0.25) is 5.91 Å². The molecule has 0 aromatic heterocycles. The molecule has 0 aliphatic rings. The number of halogens is 1. The Morgan fingerprint density at radius 2 is 2.10 bits per heavy atom. The van der Waals surface area contributed by atoms with Crippen molar-refractivity contribution in [2.75, 3.05) is 25.5 Å². The highest BCUT2D eigenvalue weighted by Gasteiger charge is 2.15. The molecule has 1 atom stereocenters. The van der Waals surface area contributed by atoms with Crippen LogP contribution in [-0.4, -0.2) is 42.0 Å². The van der Waals surface area contributed by atoms with E-state index in [4.69, 9.17) is 16.7 Å². The number of amides is 1. The van der Waals surface area contributed by atoms with Crippen molar-refractivity contribution >= 4 is 29.2 Å². The van der Waals surface area contributed by atoms with Gasteiger partial charge in [-0.1, -0.05) is 24.6 Å². The van der Waals surface area contributed by atoms with E-state index < -0.39 is 11.9 Å². The number of hydrogen-bond donors (Lipinski definition) is 2. The van der Waals surface area contributed by atoms with Crippen LogP contribution in [0.2, 0.25) is 5.02 Å². The van der Waals surface area contributed by atoms with E-state index in [-0.39, 0.29) is 12.5 Å². The fourth-order valence-corrected chi connectivity index (χ4v) is 1.91. The molecule has 6 heteroatoms. The second kappa shape index (κ2) is 7.26. The summed E-state index contributed by atoms with van der Waals surface area (Å²) in [5.41, 5.74) is 1.57. The molecule has 1 aromatic rings. The molecular weight excluding hydrogens is 280 g/mol. The average molecular weight is 299 g/mol. The van der Waals surface area contributed by atoms with Gasteiger partial charge in [-0.15, -0.1) is 0 Å². The maximum absolute atomic E-state index is 11.8. The van der Waals surface area contributed by atoms with Crippen LogP contribution < -0.4 is 5.32 Å². The van der Waals surface area contributed by atoms with Crippen molar-refractivity contribution in [2.45, 2.75) is 13.8 Å². The van der Waals surface area contributed by atoms with E-state index in [2.05, 4.69) is 5.32 Å². The summed E-state index contributed by atoms with van der Waals surface area (Å²) in [6, 6.07) is 5.29. The average Bonchev–Trinajstić information content (AvgIpc) is 2.33. The van der Waals surface area contributed by atoms with Gasteiger partial charge >= 0.3 is 5.97 Å². The van der Waals surface area contributed by atoms with Crippen LogP contribution >= 0.6 is 11.6 Å². The van der Waals surface area contributed by atoms with Crippen LogP contribution in [0.5, 0.6) is 0 Å². The van der Waals surface area contributed by atoms with E-state index in [1.165, 1.54) is 0 Å². The van der Waals surface area contributed by atoms with Crippen LogP contribution in [0.1, 0.15) is 12.5 Å². The SMILES string of the molecule is Cc1ccc(NC(=O)CN(C)CC(C)C(=O)O)cc1Cl. The van der Waals surface area contributed by atoms with Gasteiger partial charge in [-0.3, -0.25) is 14.5 Å². The molecule has 0 saturated carbocycles. The number of carboxylic acid groups (broad SMARTS) is 1. The molecular formula is C14H19ClN2O3. The van der Waals surface area contributed by atoms with Crippen molar-refractivity contribution in [3.05, 3.63) is 28.8 Å². The van der Waals surface area contributed by atoms with Crippen LogP contribution in [0.4, 0.5) is 5.69 Å². The van der Waals surface area contributed by atoms with Gasteiger partial charge in [-0.05, 0) is 31.7 Å². The van der Waals surface area contributed by atoms with Crippen molar-refractivity contribution in [1.29, 1.82) is 0 Å². The normalized spacial score (nSPS) is 12.2. The van der Waals surface area contributed by atoms with Crippen molar-refractivity contribution in [2.24, 2.45) is 5.92 Å². The molecule has 0 heterocycles. The molecule has 0 fully saturated rings. The van der Waals surface area contributed by atoms with E-state index in [1.807, 2.05) is 13.0 Å². The number of carbonyl (C=O) groups is 2. The predicted molar refractivity (Wildman–Crippen MR) is 79.1 cm³/mol. The molecule has 20 heavy (non-hydrogen) atoms. The van der Waals surface area contributed by atoms with Gasteiger partial charge < -0.3 is 10.4 Å². The number of nitrogens with one attached hydrogen (secondary N) is 1. The Bertz CT molecular complexity index is 505. The van der Waals surface area contributed by atoms with E-state index in [9.17, 15) is 9.59 Å². The van der Waals surface area contributed by atoms with E-state index >= 15 is 0 Å².